The number of nitrogens with two attached hydrogens (primary N) is 1. The van der Waals surface area contributed by atoms with Crippen LogP contribution in [-0.2, 0) is 0 Å². The van der Waals surface area contributed by atoms with Crippen LogP contribution in [0.25, 0.3) is 0 Å². The molecule has 0 radical (unpaired) electrons. The van der Waals surface area contributed by atoms with Crippen molar-refractivity contribution < 1.29 is 18.0 Å². The van der Waals surface area contributed by atoms with Crippen molar-refractivity contribution in [1.82, 2.24) is 10.6 Å². The molecule has 4 N–H and O–H groups in total. The summed E-state index contributed by atoms with van der Waals surface area (Å²) < 4.78 is 35.2. The molecule has 0 unspecified atom stereocenters. The minimum absolute atomic E-state index is 0.354. The summed E-state index contributed by atoms with van der Waals surface area (Å²) in [6.07, 6.45) is -3.90. The number of carbonyl (C=O) groups excluding carboxylic acids is 1. The normalized spacial score (nSPS) is 12.4. The summed E-state index contributed by atoms with van der Waals surface area (Å²) >= 11 is 0. The van der Waals surface area contributed by atoms with Gasteiger partial charge in [0, 0.05) is 5.54 Å². The van der Waals surface area contributed by atoms with Crippen molar-refractivity contribution in [2.75, 3.05) is 13.1 Å². The molecule has 90 valence electrons. The molecule has 15 heavy (non-hydrogen) atoms. The largest absolute Gasteiger partial charge is 0.405 e. The van der Waals surface area contributed by atoms with E-state index in [9.17, 15) is 18.0 Å². The molecule has 0 bridgehead atoms. The molecule has 0 rings (SSSR count). The molecule has 0 aromatic carbocycles. The number of urea groups is 1. The molecule has 0 aliphatic heterocycles. The molecule has 0 fully saturated rings. The molecule has 0 aliphatic carbocycles. The first-order valence-corrected chi connectivity index (χ1v) is 4.49. The van der Waals surface area contributed by atoms with E-state index in [0.717, 1.165) is 0 Å². The van der Waals surface area contributed by atoms with Crippen molar-refractivity contribution in [2.45, 2.75) is 32.0 Å². The molecule has 0 saturated carbocycles. The van der Waals surface area contributed by atoms with Crippen LogP contribution in [0.2, 0.25) is 0 Å². The van der Waals surface area contributed by atoms with Crippen molar-refractivity contribution in [3.63, 3.8) is 0 Å². The van der Waals surface area contributed by atoms with Crippen LogP contribution in [0.1, 0.15) is 20.3 Å². The summed E-state index contributed by atoms with van der Waals surface area (Å²) in [5, 5.41) is 4.12. The molecule has 0 spiro atoms. The number of hydrogen-bond acceptors (Lipinski definition) is 2. The van der Waals surface area contributed by atoms with E-state index in [0.29, 0.717) is 13.0 Å². The Kier molecular flexibility index (Phi) is 4.86. The van der Waals surface area contributed by atoms with Crippen LogP contribution in [-0.4, -0.2) is 30.8 Å². The van der Waals surface area contributed by atoms with Crippen molar-refractivity contribution in [1.29, 1.82) is 0 Å². The number of hydrogen-bond donors (Lipinski definition) is 3. The van der Waals surface area contributed by atoms with E-state index in [1.165, 1.54) is 0 Å². The minimum Gasteiger partial charge on any atom is -0.333 e. The van der Waals surface area contributed by atoms with Crippen LogP contribution in [0.4, 0.5) is 18.0 Å². The van der Waals surface area contributed by atoms with Gasteiger partial charge in [-0.3, -0.25) is 0 Å². The van der Waals surface area contributed by atoms with E-state index < -0.39 is 24.3 Å². The van der Waals surface area contributed by atoms with Gasteiger partial charge in [-0.15, -0.1) is 0 Å². The van der Waals surface area contributed by atoms with Crippen LogP contribution >= 0.6 is 0 Å². The second-order valence-electron chi connectivity index (χ2n) is 3.85. The number of rotatable bonds is 4. The molecule has 4 nitrogen and oxygen atoms in total. The second-order valence-corrected chi connectivity index (χ2v) is 3.85. The number of amides is 2. The van der Waals surface area contributed by atoms with Crippen molar-refractivity contribution in [3.05, 3.63) is 0 Å². The van der Waals surface area contributed by atoms with E-state index in [-0.39, 0.29) is 0 Å². The zero-order valence-electron chi connectivity index (χ0n) is 8.74. The van der Waals surface area contributed by atoms with Crippen molar-refractivity contribution in [2.24, 2.45) is 5.73 Å². The SMILES string of the molecule is CC(C)(CCN)NC(=O)NCC(F)(F)F. The van der Waals surface area contributed by atoms with Gasteiger partial charge in [-0.2, -0.15) is 13.2 Å². The van der Waals surface area contributed by atoms with Crippen LogP contribution < -0.4 is 16.4 Å². The number of alkyl halides is 3. The summed E-state index contributed by atoms with van der Waals surface area (Å²) in [6, 6.07) is -0.842. The van der Waals surface area contributed by atoms with Gasteiger partial charge in [0.05, 0.1) is 0 Å². The molecular formula is C8H16F3N3O. The highest BCUT2D eigenvalue weighted by atomic mass is 19.4. The van der Waals surface area contributed by atoms with Crippen molar-refractivity contribution >= 4 is 6.03 Å². The Bertz CT molecular complexity index is 216. The Hall–Kier alpha value is -0.980. The Morgan fingerprint density at radius 3 is 2.27 bits per heavy atom. The fourth-order valence-electron chi connectivity index (χ4n) is 0.955. The van der Waals surface area contributed by atoms with Gasteiger partial charge in [-0.1, -0.05) is 0 Å². The highest BCUT2D eigenvalue weighted by molar-refractivity contribution is 5.74. The summed E-state index contributed by atoms with van der Waals surface area (Å²) in [7, 11) is 0. The van der Waals surface area contributed by atoms with Gasteiger partial charge in [-0.25, -0.2) is 4.79 Å². The maximum atomic E-state index is 11.7. The molecule has 0 aromatic heterocycles. The van der Waals surface area contributed by atoms with E-state index in [1.54, 1.807) is 19.2 Å². The van der Waals surface area contributed by atoms with Gasteiger partial charge in [0.1, 0.15) is 6.54 Å². The van der Waals surface area contributed by atoms with Crippen LogP contribution in [0.5, 0.6) is 0 Å². The lowest BCUT2D eigenvalue weighted by molar-refractivity contribution is -0.122. The fraction of sp³-hybridized carbons (Fsp3) is 0.875. The van der Waals surface area contributed by atoms with Gasteiger partial charge < -0.3 is 16.4 Å². The number of halogens is 3. The molecule has 2 amide bonds. The number of nitrogens with one attached hydrogen (secondary N) is 2. The van der Waals surface area contributed by atoms with Gasteiger partial charge in [0.25, 0.3) is 0 Å². The monoisotopic (exact) mass is 227 g/mol. The quantitative estimate of drug-likeness (QED) is 0.670. The summed E-state index contributed by atoms with van der Waals surface area (Å²) in [5.41, 5.74) is 4.68. The predicted octanol–water partition coefficient (Wildman–Crippen LogP) is 0.975. The number of carbonyl (C=O) groups is 1. The van der Waals surface area contributed by atoms with E-state index in [1.807, 2.05) is 0 Å². The van der Waals surface area contributed by atoms with Gasteiger partial charge in [0.2, 0.25) is 0 Å². The Labute approximate surface area is 86.4 Å². The molecule has 0 saturated heterocycles. The zero-order chi connectivity index (χ0) is 12.1. The lowest BCUT2D eigenvalue weighted by Gasteiger charge is -2.25. The van der Waals surface area contributed by atoms with E-state index in [2.05, 4.69) is 5.32 Å². The molecule has 0 aromatic rings. The second kappa shape index (κ2) is 5.20. The third-order valence-corrected chi connectivity index (χ3v) is 1.67. The Balaban J connectivity index is 3.93. The van der Waals surface area contributed by atoms with Crippen molar-refractivity contribution in [3.8, 4) is 0 Å². The minimum atomic E-state index is -4.39. The maximum absolute atomic E-state index is 11.7. The average Bonchev–Trinajstić information content (AvgIpc) is 1.98. The third kappa shape index (κ3) is 8.04. The van der Waals surface area contributed by atoms with Gasteiger partial charge in [-0.05, 0) is 26.8 Å². The zero-order valence-corrected chi connectivity index (χ0v) is 8.74. The van der Waals surface area contributed by atoms with Gasteiger partial charge in [0.15, 0.2) is 0 Å². The molecule has 7 heteroatoms. The third-order valence-electron chi connectivity index (χ3n) is 1.67. The lowest BCUT2D eigenvalue weighted by atomic mass is 10.0. The maximum Gasteiger partial charge on any atom is 0.405 e. The highest BCUT2D eigenvalue weighted by Crippen LogP contribution is 2.12. The molecule has 0 aliphatic rings. The lowest BCUT2D eigenvalue weighted by Crippen LogP contribution is -2.50. The van der Waals surface area contributed by atoms with Gasteiger partial charge >= 0.3 is 12.2 Å². The molecule has 0 atom stereocenters. The van der Waals surface area contributed by atoms with Crippen LogP contribution in [0.3, 0.4) is 0 Å². The van der Waals surface area contributed by atoms with E-state index in [4.69, 9.17) is 5.73 Å². The first-order valence-electron chi connectivity index (χ1n) is 4.49. The smallest absolute Gasteiger partial charge is 0.333 e. The van der Waals surface area contributed by atoms with Crippen LogP contribution in [0, 0.1) is 0 Å². The fourth-order valence-corrected chi connectivity index (χ4v) is 0.955. The first-order chi connectivity index (χ1) is 6.66. The summed E-state index contributed by atoms with van der Waals surface area (Å²) in [6.45, 7) is 2.39. The average molecular weight is 227 g/mol. The molecule has 0 heterocycles. The Morgan fingerprint density at radius 1 is 1.33 bits per heavy atom. The Morgan fingerprint density at radius 2 is 1.87 bits per heavy atom. The predicted molar refractivity (Wildman–Crippen MR) is 50.3 cm³/mol. The summed E-state index contributed by atoms with van der Waals surface area (Å²) in [4.78, 5) is 11.0. The first kappa shape index (κ1) is 14.0. The standard InChI is InChI=1S/C8H16F3N3O/c1-7(2,3-4-12)14-6(15)13-5-8(9,10)11/h3-5,12H2,1-2H3,(H2,13,14,15). The van der Waals surface area contributed by atoms with Crippen LogP contribution in [0.15, 0.2) is 0 Å². The highest BCUT2D eigenvalue weighted by Gasteiger charge is 2.28. The summed E-state index contributed by atoms with van der Waals surface area (Å²) in [5.74, 6) is 0. The molecular weight excluding hydrogens is 211 g/mol. The topological polar surface area (TPSA) is 67.1 Å². The van der Waals surface area contributed by atoms with E-state index >= 15 is 0 Å².